The van der Waals surface area contributed by atoms with Crippen molar-refractivity contribution in [2.75, 3.05) is 13.1 Å². The van der Waals surface area contributed by atoms with E-state index < -0.39 is 47.9 Å². The first-order valence-corrected chi connectivity index (χ1v) is 10.5. The zero-order chi connectivity index (χ0) is 23.9. The fraction of sp³-hybridized carbons (Fsp3) is 0.591. The topological polar surface area (TPSA) is 146 Å². The standard InChI is InChI=1S/C17H23NO5.C5H9NO3/c1-17(2,3)23-16(21)18-10-13(19)9-14(18)15(20)22-11-12-7-5-4-6-8-12;7-3-1-4(5(8)9)6-2-3/h4-8,13-14,19H,9-11H2,1-3H3;3-4,6-7H,1-2H2,(H,8,9)/t13-,14+;3-,4-/m01/s1. The minimum Gasteiger partial charge on any atom is -0.480 e. The third-order valence-electron chi connectivity index (χ3n) is 4.81. The lowest BCUT2D eigenvalue weighted by molar-refractivity contribution is -0.150. The first-order valence-electron chi connectivity index (χ1n) is 10.5. The Kier molecular flexibility index (Phi) is 8.99. The molecule has 178 valence electrons. The lowest BCUT2D eigenvalue weighted by Crippen LogP contribution is -2.44. The maximum Gasteiger partial charge on any atom is 0.411 e. The number of benzene rings is 1. The number of carbonyl (C=O) groups is 3. The Morgan fingerprint density at radius 3 is 2.25 bits per heavy atom. The zero-order valence-corrected chi connectivity index (χ0v) is 18.6. The van der Waals surface area contributed by atoms with Crippen LogP contribution in [0.4, 0.5) is 4.79 Å². The van der Waals surface area contributed by atoms with Crippen molar-refractivity contribution in [1.29, 1.82) is 0 Å². The predicted molar refractivity (Wildman–Crippen MR) is 114 cm³/mol. The molecule has 4 atom stereocenters. The number of carboxylic acid groups (broad SMARTS) is 1. The van der Waals surface area contributed by atoms with Crippen molar-refractivity contribution in [3.63, 3.8) is 0 Å². The largest absolute Gasteiger partial charge is 0.480 e. The molecular formula is C22H32N2O8. The van der Waals surface area contributed by atoms with Gasteiger partial charge in [-0.15, -0.1) is 0 Å². The number of amides is 1. The van der Waals surface area contributed by atoms with Gasteiger partial charge in [0.05, 0.1) is 18.8 Å². The number of rotatable bonds is 4. The summed E-state index contributed by atoms with van der Waals surface area (Å²) in [6.45, 7) is 5.85. The number of esters is 1. The number of β-amino-alcohol motifs (C(OH)–C–C–N with tert-alkyl or cyclic N) is 2. The van der Waals surface area contributed by atoms with Crippen molar-refractivity contribution in [3.8, 4) is 0 Å². The van der Waals surface area contributed by atoms with Crippen molar-refractivity contribution in [2.45, 2.75) is 70.1 Å². The normalized spacial score (nSPS) is 25.0. The molecule has 10 heteroatoms. The van der Waals surface area contributed by atoms with Crippen LogP contribution in [0.2, 0.25) is 0 Å². The molecule has 32 heavy (non-hydrogen) atoms. The van der Waals surface area contributed by atoms with E-state index in [1.54, 1.807) is 20.8 Å². The Morgan fingerprint density at radius 2 is 1.75 bits per heavy atom. The first-order chi connectivity index (χ1) is 15.0. The molecule has 3 rings (SSSR count). The van der Waals surface area contributed by atoms with E-state index in [0.29, 0.717) is 13.0 Å². The summed E-state index contributed by atoms with van der Waals surface area (Å²) < 4.78 is 10.6. The minimum absolute atomic E-state index is 0.0695. The van der Waals surface area contributed by atoms with Crippen molar-refractivity contribution in [3.05, 3.63) is 35.9 Å². The number of hydrogen-bond donors (Lipinski definition) is 4. The molecule has 1 amide bonds. The van der Waals surface area contributed by atoms with Gasteiger partial charge in [-0.25, -0.2) is 9.59 Å². The Bertz CT molecular complexity index is 780. The fourth-order valence-electron chi connectivity index (χ4n) is 3.29. The molecule has 0 aliphatic carbocycles. The molecule has 1 aromatic rings. The molecule has 2 fully saturated rings. The summed E-state index contributed by atoms with van der Waals surface area (Å²) in [5.41, 5.74) is 0.201. The van der Waals surface area contributed by atoms with Crippen LogP contribution in [-0.4, -0.2) is 81.2 Å². The van der Waals surface area contributed by atoms with Gasteiger partial charge in [0.25, 0.3) is 0 Å². The molecular weight excluding hydrogens is 420 g/mol. The van der Waals surface area contributed by atoms with Crippen molar-refractivity contribution in [2.24, 2.45) is 0 Å². The highest BCUT2D eigenvalue weighted by atomic mass is 16.6. The van der Waals surface area contributed by atoms with E-state index in [9.17, 15) is 19.5 Å². The second-order valence-electron chi connectivity index (χ2n) is 8.82. The number of aliphatic hydroxyl groups is 2. The highest BCUT2D eigenvalue weighted by Crippen LogP contribution is 2.22. The molecule has 0 radical (unpaired) electrons. The molecule has 10 nitrogen and oxygen atoms in total. The highest BCUT2D eigenvalue weighted by Gasteiger charge is 2.41. The summed E-state index contributed by atoms with van der Waals surface area (Å²) in [6.07, 6.45) is -1.36. The van der Waals surface area contributed by atoms with Crippen LogP contribution in [0.15, 0.2) is 30.3 Å². The Hall–Kier alpha value is -2.69. The Balaban J connectivity index is 0.000000336. The zero-order valence-electron chi connectivity index (χ0n) is 18.6. The van der Waals surface area contributed by atoms with Gasteiger partial charge in [0.2, 0.25) is 0 Å². The average molecular weight is 453 g/mol. The van der Waals surface area contributed by atoms with Crippen LogP contribution >= 0.6 is 0 Å². The second kappa shape index (κ2) is 11.3. The van der Waals surface area contributed by atoms with Gasteiger partial charge in [-0.05, 0) is 26.3 Å². The maximum atomic E-state index is 12.3. The molecule has 4 N–H and O–H groups in total. The van der Waals surface area contributed by atoms with Crippen molar-refractivity contribution < 1.29 is 39.2 Å². The molecule has 0 unspecified atom stereocenters. The summed E-state index contributed by atoms with van der Waals surface area (Å²) >= 11 is 0. The van der Waals surface area contributed by atoms with Gasteiger partial charge in [-0.2, -0.15) is 0 Å². The Labute approximate surface area is 187 Å². The fourth-order valence-corrected chi connectivity index (χ4v) is 3.29. The van der Waals surface area contributed by atoms with E-state index in [0.717, 1.165) is 5.56 Å². The van der Waals surface area contributed by atoms with Crippen LogP contribution in [-0.2, 0) is 25.7 Å². The Morgan fingerprint density at radius 1 is 1.09 bits per heavy atom. The van der Waals surface area contributed by atoms with Crippen LogP contribution < -0.4 is 5.32 Å². The SMILES string of the molecule is CC(C)(C)OC(=O)N1C[C@@H](O)C[C@@H]1C(=O)OCc1ccccc1.O=C(O)[C@H]1C[C@@H](O)CN1. The number of nitrogens with one attached hydrogen (secondary N) is 1. The van der Waals surface area contributed by atoms with Gasteiger partial charge >= 0.3 is 18.0 Å². The molecule has 0 saturated carbocycles. The van der Waals surface area contributed by atoms with E-state index in [4.69, 9.17) is 19.7 Å². The lowest BCUT2D eigenvalue weighted by atomic mass is 10.2. The van der Waals surface area contributed by atoms with Gasteiger partial charge in [0, 0.05) is 19.4 Å². The molecule has 2 aliphatic rings. The molecule has 1 aromatic carbocycles. The number of carboxylic acids is 1. The van der Waals surface area contributed by atoms with Gasteiger partial charge < -0.3 is 30.1 Å². The third kappa shape index (κ3) is 8.10. The van der Waals surface area contributed by atoms with Crippen LogP contribution in [0.1, 0.15) is 39.2 Å². The number of aliphatic carboxylic acids is 1. The van der Waals surface area contributed by atoms with E-state index in [1.165, 1.54) is 4.90 Å². The third-order valence-corrected chi connectivity index (χ3v) is 4.81. The van der Waals surface area contributed by atoms with E-state index in [2.05, 4.69) is 5.32 Å². The number of ether oxygens (including phenoxy) is 2. The van der Waals surface area contributed by atoms with Gasteiger partial charge in [0.1, 0.15) is 24.3 Å². The monoisotopic (exact) mass is 452 g/mol. The molecule has 0 bridgehead atoms. The van der Waals surface area contributed by atoms with Gasteiger partial charge in [-0.3, -0.25) is 9.69 Å². The smallest absolute Gasteiger partial charge is 0.411 e. The predicted octanol–water partition coefficient (Wildman–Crippen LogP) is 0.894. The summed E-state index contributed by atoms with van der Waals surface area (Å²) in [4.78, 5) is 35.9. The van der Waals surface area contributed by atoms with E-state index >= 15 is 0 Å². The summed E-state index contributed by atoms with van der Waals surface area (Å²) in [7, 11) is 0. The molecule has 2 saturated heterocycles. The summed E-state index contributed by atoms with van der Waals surface area (Å²) in [5.74, 6) is -1.41. The number of hydrogen-bond acceptors (Lipinski definition) is 8. The van der Waals surface area contributed by atoms with Gasteiger partial charge in [-0.1, -0.05) is 30.3 Å². The summed E-state index contributed by atoms with van der Waals surface area (Å²) in [5, 5.41) is 29.6. The molecule has 2 heterocycles. The molecule has 0 spiro atoms. The number of aliphatic hydroxyl groups excluding tert-OH is 2. The van der Waals surface area contributed by atoms with Crippen LogP contribution in [0.3, 0.4) is 0 Å². The second-order valence-corrected chi connectivity index (χ2v) is 8.82. The minimum atomic E-state index is -0.883. The highest BCUT2D eigenvalue weighted by molar-refractivity contribution is 5.82. The van der Waals surface area contributed by atoms with Gasteiger partial charge in [0.15, 0.2) is 0 Å². The number of carbonyl (C=O) groups excluding carboxylic acids is 2. The van der Waals surface area contributed by atoms with Crippen molar-refractivity contribution in [1.82, 2.24) is 10.2 Å². The number of nitrogens with zero attached hydrogens (tertiary/aromatic N) is 1. The van der Waals surface area contributed by atoms with Crippen LogP contribution in [0, 0.1) is 0 Å². The first kappa shape index (κ1) is 25.6. The summed E-state index contributed by atoms with van der Waals surface area (Å²) in [6, 6.07) is 7.93. The maximum absolute atomic E-state index is 12.3. The van der Waals surface area contributed by atoms with E-state index in [1.807, 2.05) is 30.3 Å². The van der Waals surface area contributed by atoms with Crippen LogP contribution in [0.25, 0.3) is 0 Å². The molecule has 2 aliphatic heterocycles. The van der Waals surface area contributed by atoms with Crippen LogP contribution in [0.5, 0.6) is 0 Å². The number of likely N-dealkylation sites (tertiary alicyclic amines) is 1. The van der Waals surface area contributed by atoms with E-state index in [-0.39, 0.29) is 19.6 Å². The quantitative estimate of drug-likeness (QED) is 0.489. The van der Waals surface area contributed by atoms with Crippen molar-refractivity contribution >= 4 is 18.0 Å². The molecule has 0 aromatic heterocycles. The lowest BCUT2D eigenvalue weighted by Gasteiger charge is -2.27. The average Bonchev–Trinajstić information content (AvgIpc) is 3.32.